The van der Waals surface area contributed by atoms with Crippen LogP contribution < -0.4 is 0 Å². The van der Waals surface area contributed by atoms with Gasteiger partial charge in [0.05, 0.1) is 0 Å². The van der Waals surface area contributed by atoms with Crippen molar-refractivity contribution in [3.8, 4) is 0 Å². The smallest absolute Gasteiger partial charge is 0.305 e. The summed E-state index contributed by atoms with van der Waals surface area (Å²) in [5.41, 5.74) is 1.54. The van der Waals surface area contributed by atoms with E-state index in [-0.39, 0.29) is 0 Å². The number of carbonyl (C=O) groups excluding carboxylic acids is 2. The molecule has 0 amide bonds. The number of esters is 2. The molecular weight excluding hydrogens is 312 g/mol. The van der Waals surface area contributed by atoms with Gasteiger partial charge in [-0.2, -0.15) is 0 Å². The summed E-state index contributed by atoms with van der Waals surface area (Å²) in [5, 5.41) is 0. The van der Waals surface area contributed by atoms with Crippen molar-refractivity contribution in [2.45, 2.75) is 27.1 Å². The first-order valence-electron chi connectivity index (χ1n) is 5.66. The van der Waals surface area contributed by atoms with Gasteiger partial charge in [-0.1, -0.05) is 28.1 Å². The summed E-state index contributed by atoms with van der Waals surface area (Å²) in [6, 6.07) is 7.59. The van der Waals surface area contributed by atoms with Crippen molar-refractivity contribution < 1.29 is 19.1 Å². The maximum Gasteiger partial charge on any atom is 0.305 e. The molecular formula is C14H15BrO4. The Hall–Kier alpha value is -1.62. The molecule has 0 unspecified atom stereocenters. The molecule has 1 aromatic rings. The highest BCUT2D eigenvalue weighted by molar-refractivity contribution is 9.10. The number of hydrogen-bond donors (Lipinski definition) is 0. The van der Waals surface area contributed by atoms with E-state index in [0.717, 1.165) is 10.0 Å². The van der Waals surface area contributed by atoms with Gasteiger partial charge in [0.2, 0.25) is 0 Å². The topological polar surface area (TPSA) is 52.6 Å². The van der Waals surface area contributed by atoms with Crippen LogP contribution in [-0.2, 0) is 19.1 Å². The molecule has 0 saturated heterocycles. The van der Waals surface area contributed by atoms with Crippen LogP contribution in [0.15, 0.2) is 34.3 Å². The molecule has 0 radical (unpaired) electrons. The number of ether oxygens (including phenoxy) is 2. The van der Waals surface area contributed by atoms with Gasteiger partial charge in [0.15, 0.2) is 0 Å². The first kappa shape index (κ1) is 15.4. The Bertz CT molecular complexity index is 492. The average Bonchev–Trinajstić information content (AvgIpc) is 2.26. The van der Waals surface area contributed by atoms with Crippen molar-refractivity contribution in [3.05, 3.63) is 39.9 Å². The number of benzene rings is 1. The SMILES string of the molecule is CC(=O)OC(OC(C)=O)/C(C)=C/c1cccc(Br)c1. The molecule has 0 heterocycles. The Kier molecular flexibility index (Phi) is 5.76. The summed E-state index contributed by atoms with van der Waals surface area (Å²) >= 11 is 3.37. The lowest BCUT2D eigenvalue weighted by molar-refractivity contribution is -0.177. The van der Waals surface area contributed by atoms with E-state index in [1.165, 1.54) is 13.8 Å². The van der Waals surface area contributed by atoms with Crippen LogP contribution in [0.5, 0.6) is 0 Å². The zero-order valence-electron chi connectivity index (χ0n) is 11.0. The second kappa shape index (κ2) is 7.09. The number of carbonyl (C=O) groups is 2. The van der Waals surface area contributed by atoms with Gasteiger partial charge in [-0.15, -0.1) is 0 Å². The quantitative estimate of drug-likeness (QED) is 0.629. The van der Waals surface area contributed by atoms with Crippen molar-refractivity contribution in [2.24, 2.45) is 0 Å². The molecule has 0 saturated carbocycles. The van der Waals surface area contributed by atoms with E-state index >= 15 is 0 Å². The first-order chi connectivity index (χ1) is 8.88. The van der Waals surface area contributed by atoms with Crippen LogP contribution in [-0.4, -0.2) is 18.2 Å². The van der Waals surface area contributed by atoms with Gasteiger partial charge < -0.3 is 9.47 Å². The summed E-state index contributed by atoms with van der Waals surface area (Å²) in [6.45, 7) is 4.27. The minimum absolute atomic E-state index is 0.506. The molecule has 0 spiro atoms. The molecule has 1 aromatic carbocycles. The zero-order chi connectivity index (χ0) is 14.4. The average molecular weight is 327 g/mol. The van der Waals surface area contributed by atoms with Crippen LogP contribution in [0.25, 0.3) is 6.08 Å². The highest BCUT2D eigenvalue weighted by atomic mass is 79.9. The van der Waals surface area contributed by atoms with Crippen LogP contribution in [0.4, 0.5) is 0 Å². The Labute approximate surface area is 120 Å². The molecule has 0 aliphatic heterocycles. The van der Waals surface area contributed by atoms with E-state index in [1.807, 2.05) is 24.3 Å². The minimum Gasteiger partial charge on any atom is -0.421 e. The molecule has 4 nitrogen and oxygen atoms in total. The second-order valence-electron chi connectivity index (χ2n) is 3.99. The molecule has 0 atom stereocenters. The predicted molar refractivity (Wildman–Crippen MR) is 75.1 cm³/mol. The van der Waals surface area contributed by atoms with E-state index in [4.69, 9.17) is 9.47 Å². The van der Waals surface area contributed by atoms with Crippen molar-refractivity contribution in [1.29, 1.82) is 0 Å². The normalized spacial score (nSPS) is 11.3. The van der Waals surface area contributed by atoms with Crippen molar-refractivity contribution >= 4 is 33.9 Å². The van der Waals surface area contributed by atoms with E-state index in [0.29, 0.717) is 5.57 Å². The van der Waals surface area contributed by atoms with Crippen molar-refractivity contribution in [1.82, 2.24) is 0 Å². The third-order valence-corrected chi connectivity index (χ3v) is 2.65. The molecule has 0 bridgehead atoms. The monoisotopic (exact) mass is 326 g/mol. The maximum absolute atomic E-state index is 11.0. The Morgan fingerprint density at radius 2 is 1.74 bits per heavy atom. The van der Waals surface area contributed by atoms with Gasteiger partial charge in [-0.25, -0.2) is 0 Å². The largest absolute Gasteiger partial charge is 0.421 e. The summed E-state index contributed by atoms with van der Waals surface area (Å²) < 4.78 is 10.9. The molecule has 1 rings (SSSR count). The van der Waals surface area contributed by atoms with Crippen LogP contribution >= 0.6 is 15.9 Å². The molecule has 5 heteroatoms. The molecule has 102 valence electrons. The van der Waals surface area contributed by atoms with Gasteiger partial charge in [0.1, 0.15) is 0 Å². The van der Waals surface area contributed by atoms with Crippen molar-refractivity contribution in [2.75, 3.05) is 0 Å². The number of rotatable bonds is 4. The van der Waals surface area contributed by atoms with Gasteiger partial charge >= 0.3 is 11.9 Å². The van der Waals surface area contributed by atoms with Crippen molar-refractivity contribution in [3.63, 3.8) is 0 Å². The lowest BCUT2D eigenvalue weighted by Crippen LogP contribution is -2.23. The van der Waals surface area contributed by atoms with Crippen LogP contribution in [0, 0.1) is 0 Å². The van der Waals surface area contributed by atoms with E-state index in [1.54, 1.807) is 13.0 Å². The number of hydrogen-bond acceptors (Lipinski definition) is 4. The molecule has 0 fully saturated rings. The second-order valence-corrected chi connectivity index (χ2v) is 4.91. The molecule has 0 N–H and O–H groups in total. The fraction of sp³-hybridized carbons (Fsp3) is 0.286. The lowest BCUT2D eigenvalue weighted by Gasteiger charge is -2.17. The highest BCUT2D eigenvalue weighted by Gasteiger charge is 2.17. The Morgan fingerprint density at radius 1 is 1.16 bits per heavy atom. The third kappa shape index (κ3) is 5.70. The molecule has 0 aliphatic carbocycles. The first-order valence-corrected chi connectivity index (χ1v) is 6.46. The number of halogens is 1. The van der Waals surface area contributed by atoms with E-state index in [9.17, 15) is 9.59 Å². The highest BCUT2D eigenvalue weighted by Crippen LogP contribution is 2.17. The standard InChI is InChI=1S/C14H15BrO4/c1-9(7-12-5-4-6-13(15)8-12)14(18-10(2)16)19-11(3)17/h4-8,14H,1-3H3/b9-7+. The minimum atomic E-state index is -0.992. The van der Waals surface area contributed by atoms with Gasteiger partial charge in [-0.3, -0.25) is 9.59 Å². The summed E-state index contributed by atoms with van der Waals surface area (Å²) in [4.78, 5) is 22.0. The molecule has 19 heavy (non-hydrogen) atoms. The van der Waals surface area contributed by atoms with E-state index < -0.39 is 18.2 Å². The van der Waals surface area contributed by atoms with E-state index in [2.05, 4.69) is 15.9 Å². The van der Waals surface area contributed by atoms with Gasteiger partial charge in [0.25, 0.3) is 6.29 Å². The zero-order valence-corrected chi connectivity index (χ0v) is 12.6. The molecule has 0 aliphatic rings. The molecule has 0 aromatic heterocycles. The fourth-order valence-corrected chi connectivity index (χ4v) is 1.86. The van der Waals surface area contributed by atoms with Crippen LogP contribution in [0.1, 0.15) is 26.3 Å². The van der Waals surface area contributed by atoms with Gasteiger partial charge in [-0.05, 0) is 30.7 Å². The Morgan fingerprint density at radius 3 is 2.21 bits per heavy atom. The van der Waals surface area contributed by atoms with Crippen LogP contribution in [0.3, 0.4) is 0 Å². The van der Waals surface area contributed by atoms with Gasteiger partial charge in [0, 0.05) is 23.9 Å². The summed E-state index contributed by atoms with van der Waals surface area (Å²) in [6.07, 6.45) is 0.801. The predicted octanol–water partition coefficient (Wildman–Crippen LogP) is 3.30. The third-order valence-electron chi connectivity index (χ3n) is 2.16. The fourth-order valence-electron chi connectivity index (χ4n) is 1.44. The van der Waals surface area contributed by atoms with Crippen LogP contribution in [0.2, 0.25) is 0 Å². The lowest BCUT2D eigenvalue weighted by atomic mass is 10.1. The summed E-state index contributed by atoms with van der Waals surface area (Å²) in [7, 11) is 0. The summed E-state index contributed by atoms with van der Waals surface area (Å²) in [5.74, 6) is -1.01. The maximum atomic E-state index is 11.0. The Balaban J connectivity index is 2.94.